The molecule has 2 aromatic carbocycles. The van der Waals surface area contributed by atoms with Gasteiger partial charge in [-0.3, -0.25) is 4.79 Å². The normalized spacial score (nSPS) is 12.2. The fraction of sp³-hybridized carbons (Fsp3) is 0.381. The summed E-state index contributed by atoms with van der Waals surface area (Å²) in [6, 6.07) is 13.5. The minimum atomic E-state index is -0.886. The molecule has 3 nitrogen and oxygen atoms in total. The Kier molecular flexibility index (Phi) is 6.99. The van der Waals surface area contributed by atoms with Gasteiger partial charge in [-0.2, -0.15) is 0 Å². The van der Waals surface area contributed by atoms with Crippen LogP contribution >= 0.6 is 0 Å². The van der Waals surface area contributed by atoms with Gasteiger partial charge in [-0.1, -0.05) is 51.0 Å². The summed E-state index contributed by atoms with van der Waals surface area (Å²) in [7, 11) is 0. The van der Waals surface area contributed by atoms with Crippen LogP contribution in [0, 0.1) is 11.7 Å². The van der Waals surface area contributed by atoms with Crippen LogP contribution in [0.15, 0.2) is 48.5 Å². The SMILES string of the molecule is CCC(CC)COc1ccc(C(CC(=O)O)c2ccc(F)cc2)cc1. The van der Waals surface area contributed by atoms with Crippen LogP contribution in [0.1, 0.15) is 50.2 Å². The van der Waals surface area contributed by atoms with Gasteiger partial charge in [0.25, 0.3) is 0 Å². The molecule has 25 heavy (non-hydrogen) atoms. The van der Waals surface area contributed by atoms with E-state index in [0.717, 1.165) is 29.7 Å². The van der Waals surface area contributed by atoms with E-state index in [4.69, 9.17) is 4.74 Å². The van der Waals surface area contributed by atoms with Crippen molar-refractivity contribution >= 4 is 5.97 Å². The number of halogens is 1. The highest BCUT2D eigenvalue weighted by Crippen LogP contribution is 2.29. The summed E-state index contributed by atoms with van der Waals surface area (Å²) in [4.78, 5) is 11.2. The van der Waals surface area contributed by atoms with Crippen molar-refractivity contribution in [1.29, 1.82) is 0 Å². The highest BCUT2D eigenvalue weighted by atomic mass is 19.1. The zero-order valence-corrected chi connectivity index (χ0v) is 14.7. The van der Waals surface area contributed by atoms with Crippen LogP contribution in [0.3, 0.4) is 0 Å². The first-order valence-corrected chi connectivity index (χ1v) is 8.73. The Hall–Kier alpha value is -2.36. The molecule has 0 bridgehead atoms. The second kappa shape index (κ2) is 9.21. The van der Waals surface area contributed by atoms with Gasteiger partial charge in [-0.25, -0.2) is 4.39 Å². The lowest BCUT2D eigenvalue weighted by Gasteiger charge is -2.17. The van der Waals surface area contributed by atoms with Crippen LogP contribution in [0.4, 0.5) is 4.39 Å². The number of carboxylic acids is 1. The monoisotopic (exact) mass is 344 g/mol. The Balaban J connectivity index is 2.15. The average Bonchev–Trinajstić information content (AvgIpc) is 2.62. The number of carboxylic acid groups (broad SMARTS) is 1. The van der Waals surface area contributed by atoms with Crippen molar-refractivity contribution in [3.05, 3.63) is 65.5 Å². The minimum absolute atomic E-state index is 0.0421. The molecule has 0 saturated carbocycles. The Morgan fingerprint density at radius 2 is 1.52 bits per heavy atom. The first-order chi connectivity index (χ1) is 12.0. The van der Waals surface area contributed by atoms with Gasteiger partial charge in [0.2, 0.25) is 0 Å². The van der Waals surface area contributed by atoms with E-state index in [2.05, 4.69) is 13.8 Å². The molecule has 0 aliphatic heterocycles. The maximum atomic E-state index is 13.1. The van der Waals surface area contributed by atoms with E-state index in [-0.39, 0.29) is 18.2 Å². The van der Waals surface area contributed by atoms with Gasteiger partial charge in [0.1, 0.15) is 11.6 Å². The number of benzene rings is 2. The molecule has 2 aromatic rings. The lowest BCUT2D eigenvalue weighted by atomic mass is 9.88. The molecule has 1 N–H and O–H groups in total. The predicted molar refractivity (Wildman–Crippen MR) is 96.5 cm³/mol. The summed E-state index contributed by atoms with van der Waals surface area (Å²) in [5, 5.41) is 9.22. The second-order valence-electron chi connectivity index (χ2n) is 6.26. The third-order valence-electron chi connectivity index (χ3n) is 4.57. The molecule has 0 radical (unpaired) electrons. The molecule has 0 spiro atoms. The van der Waals surface area contributed by atoms with Crippen molar-refractivity contribution in [2.24, 2.45) is 5.92 Å². The summed E-state index contributed by atoms with van der Waals surface area (Å²) >= 11 is 0. The largest absolute Gasteiger partial charge is 0.493 e. The van der Waals surface area contributed by atoms with Crippen LogP contribution in [0.5, 0.6) is 5.75 Å². The molecular formula is C21H25FO3. The van der Waals surface area contributed by atoms with E-state index < -0.39 is 5.97 Å². The van der Waals surface area contributed by atoms with Gasteiger partial charge < -0.3 is 9.84 Å². The average molecular weight is 344 g/mol. The number of carbonyl (C=O) groups is 1. The number of rotatable bonds is 9. The fourth-order valence-electron chi connectivity index (χ4n) is 2.83. The Morgan fingerprint density at radius 3 is 2.00 bits per heavy atom. The molecule has 0 aromatic heterocycles. The molecule has 0 saturated heterocycles. The number of ether oxygens (including phenoxy) is 1. The molecule has 0 amide bonds. The van der Waals surface area contributed by atoms with Crippen LogP contribution in [-0.4, -0.2) is 17.7 Å². The van der Waals surface area contributed by atoms with Crippen molar-refractivity contribution in [2.75, 3.05) is 6.61 Å². The molecular weight excluding hydrogens is 319 g/mol. The number of hydrogen-bond acceptors (Lipinski definition) is 2. The molecule has 0 fully saturated rings. The first kappa shape index (κ1) is 19.0. The highest BCUT2D eigenvalue weighted by molar-refractivity contribution is 5.69. The van der Waals surface area contributed by atoms with E-state index in [1.165, 1.54) is 12.1 Å². The number of aliphatic carboxylic acids is 1. The lowest BCUT2D eigenvalue weighted by molar-refractivity contribution is -0.137. The summed E-state index contributed by atoms with van der Waals surface area (Å²) < 4.78 is 19.0. The van der Waals surface area contributed by atoms with E-state index in [1.54, 1.807) is 12.1 Å². The quantitative estimate of drug-likeness (QED) is 0.676. The van der Waals surface area contributed by atoms with Gasteiger partial charge >= 0.3 is 5.97 Å². The topological polar surface area (TPSA) is 46.5 Å². The van der Waals surface area contributed by atoms with Crippen LogP contribution < -0.4 is 4.74 Å². The van der Waals surface area contributed by atoms with Gasteiger partial charge in [-0.05, 0) is 41.3 Å². The van der Waals surface area contributed by atoms with Crippen LogP contribution in [0.25, 0.3) is 0 Å². The van der Waals surface area contributed by atoms with Crippen molar-refractivity contribution in [3.8, 4) is 5.75 Å². The maximum Gasteiger partial charge on any atom is 0.304 e. The molecule has 0 aliphatic carbocycles. The summed E-state index contributed by atoms with van der Waals surface area (Å²) in [6.45, 7) is 4.99. The van der Waals surface area contributed by atoms with E-state index >= 15 is 0 Å². The van der Waals surface area contributed by atoms with Gasteiger partial charge in [0.05, 0.1) is 13.0 Å². The van der Waals surface area contributed by atoms with Gasteiger partial charge in [0, 0.05) is 5.92 Å². The third-order valence-corrected chi connectivity index (χ3v) is 4.57. The smallest absolute Gasteiger partial charge is 0.304 e. The van der Waals surface area contributed by atoms with Gasteiger partial charge in [-0.15, -0.1) is 0 Å². The molecule has 1 unspecified atom stereocenters. The number of hydrogen-bond donors (Lipinski definition) is 1. The molecule has 4 heteroatoms. The van der Waals surface area contributed by atoms with Crippen molar-refractivity contribution in [3.63, 3.8) is 0 Å². The zero-order valence-electron chi connectivity index (χ0n) is 14.7. The molecule has 134 valence electrons. The fourth-order valence-corrected chi connectivity index (χ4v) is 2.83. The molecule has 2 rings (SSSR count). The van der Waals surface area contributed by atoms with E-state index in [1.807, 2.05) is 24.3 Å². The highest BCUT2D eigenvalue weighted by Gasteiger charge is 2.18. The first-order valence-electron chi connectivity index (χ1n) is 8.73. The summed E-state index contributed by atoms with van der Waals surface area (Å²) in [6.07, 6.45) is 2.12. The Labute approximate surface area is 148 Å². The van der Waals surface area contributed by atoms with Crippen molar-refractivity contribution in [1.82, 2.24) is 0 Å². The summed E-state index contributed by atoms with van der Waals surface area (Å²) in [5.74, 6) is -0.208. The van der Waals surface area contributed by atoms with E-state index in [9.17, 15) is 14.3 Å². The minimum Gasteiger partial charge on any atom is -0.493 e. The van der Waals surface area contributed by atoms with E-state index in [0.29, 0.717) is 12.5 Å². The molecule has 1 atom stereocenters. The van der Waals surface area contributed by atoms with Crippen LogP contribution in [-0.2, 0) is 4.79 Å². The van der Waals surface area contributed by atoms with Gasteiger partial charge in [0.15, 0.2) is 0 Å². The van der Waals surface area contributed by atoms with Crippen molar-refractivity contribution in [2.45, 2.75) is 39.0 Å². The Morgan fingerprint density at radius 1 is 1.00 bits per heavy atom. The molecule has 0 aliphatic rings. The molecule has 0 heterocycles. The van der Waals surface area contributed by atoms with Crippen molar-refractivity contribution < 1.29 is 19.0 Å². The predicted octanol–water partition coefficient (Wildman–Crippen LogP) is 5.25. The third kappa shape index (κ3) is 5.59. The second-order valence-corrected chi connectivity index (χ2v) is 6.26. The Bertz CT molecular complexity index is 661. The zero-order chi connectivity index (χ0) is 18.2. The summed E-state index contributed by atoms with van der Waals surface area (Å²) in [5.41, 5.74) is 1.67. The maximum absolute atomic E-state index is 13.1. The lowest BCUT2D eigenvalue weighted by Crippen LogP contribution is -2.10. The van der Waals surface area contributed by atoms with Crippen LogP contribution in [0.2, 0.25) is 0 Å². The standard InChI is InChI=1S/C21H25FO3/c1-3-15(4-2)14-25-19-11-7-17(8-12-19)20(13-21(23)24)16-5-9-18(22)10-6-16/h5-12,15,20H,3-4,13-14H2,1-2H3,(H,23,24).